The first-order chi connectivity index (χ1) is 11.2. The Labute approximate surface area is 139 Å². The molecule has 2 N–H and O–H groups in total. The fourth-order valence-corrected chi connectivity index (χ4v) is 2.65. The van der Waals surface area contributed by atoms with Gasteiger partial charge in [0, 0.05) is 11.3 Å². The third-order valence-corrected chi connectivity index (χ3v) is 3.81. The first-order valence-electron chi connectivity index (χ1n) is 7.47. The van der Waals surface area contributed by atoms with Crippen LogP contribution in [0.15, 0.2) is 24.3 Å². The molecule has 2 rings (SSSR count). The highest BCUT2D eigenvalue weighted by molar-refractivity contribution is 6.05. The number of ketones is 2. The standard InChI is InChI=1S/C18H19NO5/c1-9-15(11(3)20)10(2)19-16(9)17(22)12(4)24-18(23)13-7-5-6-8-14(13)21/h5-8,12,19,21H,1-4H3/t12-/m1/s1. The van der Waals surface area contributed by atoms with Crippen LogP contribution in [0.1, 0.15) is 56.3 Å². The summed E-state index contributed by atoms with van der Waals surface area (Å²) in [4.78, 5) is 39.1. The van der Waals surface area contributed by atoms with Crippen molar-refractivity contribution in [3.8, 4) is 5.75 Å². The molecule has 126 valence electrons. The number of aromatic nitrogens is 1. The molecule has 0 aliphatic heterocycles. The molecule has 1 atom stereocenters. The smallest absolute Gasteiger partial charge is 0.342 e. The van der Waals surface area contributed by atoms with Crippen LogP contribution in [0.3, 0.4) is 0 Å². The largest absolute Gasteiger partial charge is 0.507 e. The van der Waals surface area contributed by atoms with Gasteiger partial charge in [0.05, 0.1) is 5.69 Å². The second-order valence-electron chi connectivity index (χ2n) is 5.61. The van der Waals surface area contributed by atoms with Gasteiger partial charge in [-0.05, 0) is 45.4 Å². The topological polar surface area (TPSA) is 96.5 Å². The van der Waals surface area contributed by atoms with Gasteiger partial charge in [0.2, 0.25) is 5.78 Å². The predicted molar refractivity (Wildman–Crippen MR) is 87.6 cm³/mol. The summed E-state index contributed by atoms with van der Waals surface area (Å²) in [6.45, 7) is 6.26. The number of ether oxygens (including phenoxy) is 1. The van der Waals surface area contributed by atoms with Crippen molar-refractivity contribution in [3.05, 3.63) is 52.3 Å². The Kier molecular flexibility index (Phi) is 4.87. The van der Waals surface area contributed by atoms with Gasteiger partial charge in [-0.15, -0.1) is 0 Å². The molecule has 1 aromatic heterocycles. The van der Waals surface area contributed by atoms with E-state index in [1.54, 1.807) is 26.0 Å². The number of phenols is 1. The number of nitrogens with one attached hydrogen (secondary N) is 1. The van der Waals surface area contributed by atoms with Crippen molar-refractivity contribution < 1.29 is 24.2 Å². The highest BCUT2D eigenvalue weighted by Crippen LogP contribution is 2.22. The Bertz CT molecular complexity index is 819. The van der Waals surface area contributed by atoms with E-state index in [1.165, 1.54) is 26.0 Å². The molecular formula is C18H19NO5. The number of rotatable bonds is 5. The van der Waals surface area contributed by atoms with Crippen LogP contribution >= 0.6 is 0 Å². The zero-order valence-corrected chi connectivity index (χ0v) is 14.0. The molecule has 0 bridgehead atoms. The maximum absolute atomic E-state index is 12.5. The molecule has 0 fully saturated rings. The van der Waals surface area contributed by atoms with Crippen LogP contribution in [0, 0.1) is 13.8 Å². The van der Waals surface area contributed by atoms with Gasteiger partial charge in [-0.1, -0.05) is 12.1 Å². The van der Waals surface area contributed by atoms with E-state index in [0.717, 1.165) is 0 Å². The number of esters is 1. The number of Topliss-reactive ketones (excluding diaryl/α,β-unsaturated/α-hetero) is 2. The van der Waals surface area contributed by atoms with Crippen molar-refractivity contribution in [1.29, 1.82) is 0 Å². The average molecular weight is 329 g/mol. The maximum Gasteiger partial charge on any atom is 0.342 e. The summed E-state index contributed by atoms with van der Waals surface area (Å²) in [5.74, 6) is -1.58. The van der Waals surface area contributed by atoms with Gasteiger partial charge in [-0.25, -0.2) is 4.79 Å². The van der Waals surface area contributed by atoms with Gasteiger partial charge in [0.15, 0.2) is 11.9 Å². The third-order valence-electron chi connectivity index (χ3n) is 3.81. The summed E-state index contributed by atoms with van der Waals surface area (Å²) < 4.78 is 5.14. The minimum absolute atomic E-state index is 0.0130. The molecule has 1 aromatic carbocycles. The van der Waals surface area contributed by atoms with Gasteiger partial charge in [0.25, 0.3) is 0 Å². The van der Waals surface area contributed by atoms with Gasteiger partial charge in [-0.2, -0.15) is 0 Å². The molecule has 0 aliphatic carbocycles. The number of carbonyl (C=O) groups is 3. The summed E-state index contributed by atoms with van der Waals surface area (Å²) in [5, 5.41) is 9.66. The van der Waals surface area contributed by atoms with Gasteiger partial charge < -0.3 is 14.8 Å². The monoisotopic (exact) mass is 329 g/mol. The number of aromatic hydroxyl groups is 1. The minimum Gasteiger partial charge on any atom is -0.507 e. The molecule has 0 unspecified atom stereocenters. The Hall–Kier alpha value is -2.89. The van der Waals surface area contributed by atoms with Gasteiger partial charge in [0.1, 0.15) is 11.3 Å². The third kappa shape index (κ3) is 3.22. The van der Waals surface area contributed by atoms with E-state index in [4.69, 9.17) is 4.74 Å². The summed E-state index contributed by atoms with van der Waals surface area (Å²) in [7, 11) is 0. The lowest BCUT2D eigenvalue weighted by Crippen LogP contribution is -2.25. The van der Waals surface area contributed by atoms with Crippen molar-refractivity contribution in [2.75, 3.05) is 0 Å². The fourth-order valence-electron chi connectivity index (χ4n) is 2.65. The number of hydrogen-bond donors (Lipinski definition) is 2. The van der Waals surface area contributed by atoms with Gasteiger partial charge in [-0.3, -0.25) is 9.59 Å². The molecule has 0 spiro atoms. The summed E-state index contributed by atoms with van der Waals surface area (Å²) in [6.07, 6.45) is -1.06. The lowest BCUT2D eigenvalue weighted by atomic mass is 10.0. The predicted octanol–water partition coefficient (Wildman–Crippen LogP) is 2.97. The number of carbonyl (C=O) groups excluding carboxylic acids is 3. The molecule has 0 saturated heterocycles. The summed E-state index contributed by atoms with van der Waals surface area (Å²) in [6, 6.07) is 5.93. The summed E-state index contributed by atoms with van der Waals surface area (Å²) >= 11 is 0. The molecule has 24 heavy (non-hydrogen) atoms. The normalized spacial score (nSPS) is 11.8. The fraction of sp³-hybridized carbons (Fsp3) is 0.278. The van der Waals surface area contributed by atoms with Crippen LogP contribution in [-0.2, 0) is 4.74 Å². The van der Waals surface area contributed by atoms with E-state index in [9.17, 15) is 19.5 Å². The van der Waals surface area contributed by atoms with Crippen molar-refractivity contribution in [1.82, 2.24) is 4.98 Å². The minimum atomic E-state index is -1.06. The van der Waals surface area contributed by atoms with Gasteiger partial charge >= 0.3 is 5.97 Å². The summed E-state index contributed by atoms with van der Waals surface area (Å²) in [5.41, 5.74) is 1.84. The second kappa shape index (κ2) is 6.70. The maximum atomic E-state index is 12.5. The van der Waals surface area contributed by atoms with E-state index in [-0.39, 0.29) is 22.8 Å². The van der Waals surface area contributed by atoms with Crippen molar-refractivity contribution in [3.63, 3.8) is 0 Å². The zero-order valence-electron chi connectivity index (χ0n) is 14.0. The number of aryl methyl sites for hydroxylation is 1. The first-order valence-corrected chi connectivity index (χ1v) is 7.47. The van der Waals surface area contributed by atoms with Crippen molar-refractivity contribution >= 4 is 17.5 Å². The van der Waals surface area contributed by atoms with Crippen LogP contribution < -0.4 is 0 Å². The number of H-pyrrole nitrogens is 1. The molecule has 2 aromatic rings. The number of hydrogen-bond acceptors (Lipinski definition) is 5. The van der Waals surface area contributed by atoms with E-state index in [1.807, 2.05) is 0 Å². The second-order valence-corrected chi connectivity index (χ2v) is 5.61. The molecule has 0 amide bonds. The quantitative estimate of drug-likeness (QED) is 0.649. The molecular weight excluding hydrogens is 310 g/mol. The first kappa shape index (κ1) is 17.5. The van der Waals surface area contributed by atoms with Crippen LogP contribution in [0.5, 0.6) is 5.75 Å². The van der Waals surface area contributed by atoms with Crippen molar-refractivity contribution in [2.24, 2.45) is 0 Å². The lowest BCUT2D eigenvalue weighted by molar-refractivity contribution is 0.0314. The lowest BCUT2D eigenvalue weighted by Gasteiger charge is -2.12. The Morgan fingerprint density at radius 2 is 1.79 bits per heavy atom. The zero-order chi connectivity index (χ0) is 18.0. The molecule has 6 nitrogen and oxygen atoms in total. The Morgan fingerprint density at radius 1 is 1.17 bits per heavy atom. The molecule has 6 heteroatoms. The van der Waals surface area contributed by atoms with Crippen molar-refractivity contribution in [2.45, 2.75) is 33.8 Å². The van der Waals surface area contributed by atoms with Crippen LogP contribution in [0.4, 0.5) is 0 Å². The average Bonchev–Trinajstić information content (AvgIpc) is 2.81. The number of benzene rings is 1. The highest BCUT2D eigenvalue weighted by Gasteiger charge is 2.26. The van der Waals surface area contributed by atoms with Crippen LogP contribution in [-0.4, -0.2) is 33.7 Å². The molecule has 0 saturated carbocycles. The SMILES string of the molecule is CC(=O)c1c(C)[nH]c(C(=O)[C@@H](C)OC(=O)c2ccccc2O)c1C. The highest BCUT2D eigenvalue weighted by atomic mass is 16.5. The van der Waals surface area contributed by atoms with E-state index in [0.29, 0.717) is 16.8 Å². The van der Waals surface area contributed by atoms with Crippen LogP contribution in [0.25, 0.3) is 0 Å². The Morgan fingerprint density at radius 3 is 2.33 bits per heavy atom. The Balaban J connectivity index is 2.22. The molecule has 0 aliphatic rings. The van der Waals surface area contributed by atoms with Crippen LogP contribution in [0.2, 0.25) is 0 Å². The molecule has 1 heterocycles. The number of phenolic OH excluding ortho intramolecular Hbond substituents is 1. The van der Waals surface area contributed by atoms with E-state index < -0.39 is 17.9 Å². The number of aromatic amines is 1. The van der Waals surface area contributed by atoms with E-state index in [2.05, 4.69) is 4.98 Å². The molecule has 0 radical (unpaired) electrons. The number of para-hydroxylation sites is 1. The van der Waals surface area contributed by atoms with E-state index >= 15 is 0 Å².